The molecule has 4 heterocycles. The highest BCUT2D eigenvalue weighted by atomic mass is 15.3. The van der Waals surface area contributed by atoms with E-state index in [1.807, 2.05) is 0 Å². The van der Waals surface area contributed by atoms with Gasteiger partial charge in [-0.15, -0.1) is 0 Å². The zero-order chi connectivity index (χ0) is 55.5. The summed E-state index contributed by atoms with van der Waals surface area (Å²) in [6.45, 7) is 0. The average molecular weight is 1080 g/mol. The topological polar surface area (TPSA) is 61.6 Å². The van der Waals surface area contributed by atoms with Crippen LogP contribution in [-0.4, -0.2) is 28.2 Å². The van der Waals surface area contributed by atoms with Gasteiger partial charge < -0.3 is 14.7 Å². The highest BCUT2D eigenvalue weighted by molar-refractivity contribution is 5.96. The maximum atomic E-state index is 5.56. The van der Waals surface area contributed by atoms with Crippen LogP contribution in [0.2, 0.25) is 0 Å². The molecule has 16 rings (SSSR count). The van der Waals surface area contributed by atoms with Crippen LogP contribution in [0, 0.1) is 0 Å². The summed E-state index contributed by atoms with van der Waals surface area (Å²) in [5.41, 5.74) is 21.6. The Bertz CT molecular complexity index is 4810. The normalized spacial score (nSPS) is 12.5. The van der Waals surface area contributed by atoms with Crippen molar-refractivity contribution in [2.45, 2.75) is 12.8 Å². The van der Waals surface area contributed by atoms with Crippen LogP contribution < -0.4 is 14.7 Å². The smallest absolute Gasteiger partial charge is 0.225 e. The van der Waals surface area contributed by atoms with E-state index in [9.17, 15) is 0 Å². The Balaban J connectivity index is 0.928. The van der Waals surface area contributed by atoms with Crippen molar-refractivity contribution in [2.24, 2.45) is 0 Å². The lowest BCUT2D eigenvalue weighted by Gasteiger charge is -2.28. The predicted molar refractivity (Wildman–Crippen MR) is 346 cm³/mol. The van der Waals surface area contributed by atoms with E-state index in [0.717, 1.165) is 108 Å². The number of imidazole rings is 3. The molecular weight excluding hydrogens is 1030 g/mol. The Morgan fingerprint density at radius 1 is 0.262 bits per heavy atom. The van der Waals surface area contributed by atoms with E-state index in [-0.39, 0.29) is 0 Å². The van der Waals surface area contributed by atoms with E-state index < -0.39 is 0 Å². The van der Waals surface area contributed by atoms with Gasteiger partial charge in [-0.3, -0.25) is 0 Å². The summed E-state index contributed by atoms with van der Waals surface area (Å²) in [6, 6.07) is 99.1. The zero-order valence-corrected chi connectivity index (χ0v) is 45.7. The van der Waals surface area contributed by atoms with Crippen molar-refractivity contribution in [1.82, 2.24) is 28.2 Å². The van der Waals surface area contributed by atoms with Crippen molar-refractivity contribution in [1.29, 1.82) is 0 Å². The molecule has 0 amide bonds. The maximum absolute atomic E-state index is 5.56. The van der Waals surface area contributed by atoms with Gasteiger partial charge in [0.2, 0.25) is 17.3 Å². The van der Waals surface area contributed by atoms with E-state index in [2.05, 4.69) is 325 Å². The lowest BCUT2D eigenvalue weighted by atomic mass is 10.0. The molecule has 0 bridgehead atoms. The number of nitrogens with zero attached hydrogens (tertiary/aromatic N) is 9. The summed E-state index contributed by atoms with van der Waals surface area (Å²) in [6.07, 6.45) is 8.82. The first-order chi connectivity index (χ1) is 41.6. The second-order valence-corrected chi connectivity index (χ2v) is 21.3. The number of benzene rings is 11. The molecule has 0 saturated carbocycles. The lowest BCUT2D eigenvalue weighted by molar-refractivity contribution is 0.997. The minimum absolute atomic E-state index is 0.703. The lowest BCUT2D eigenvalue weighted by Crippen LogP contribution is -2.16. The van der Waals surface area contributed by atoms with E-state index in [4.69, 9.17) is 15.0 Å². The highest BCUT2D eigenvalue weighted by Gasteiger charge is 2.25. The Hall–Kier alpha value is -11.3. The number of allylic oxidation sites excluding steroid dienone is 3. The quantitative estimate of drug-likeness (QED) is 0.121. The van der Waals surface area contributed by atoms with Crippen molar-refractivity contribution in [2.75, 3.05) is 14.7 Å². The van der Waals surface area contributed by atoms with E-state index >= 15 is 0 Å². The van der Waals surface area contributed by atoms with E-state index in [1.165, 1.54) is 22.3 Å². The second kappa shape index (κ2) is 20.4. The Kier molecular flexibility index (Phi) is 11.8. The first-order valence-corrected chi connectivity index (χ1v) is 28.6. The summed E-state index contributed by atoms with van der Waals surface area (Å²) in [4.78, 5) is 23.7. The number of hydrogen-bond acceptors (Lipinski definition) is 6. The third-order valence-electron chi connectivity index (χ3n) is 16.2. The van der Waals surface area contributed by atoms with Crippen LogP contribution in [0.25, 0.3) is 83.8 Å². The second-order valence-electron chi connectivity index (χ2n) is 21.3. The Morgan fingerprint density at radius 2 is 0.548 bits per heavy atom. The van der Waals surface area contributed by atoms with Crippen LogP contribution in [-0.2, 0) is 0 Å². The van der Waals surface area contributed by atoms with Gasteiger partial charge in [0.25, 0.3) is 0 Å². The largest absolute Gasteiger partial charge is 0.311 e. The van der Waals surface area contributed by atoms with Gasteiger partial charge in [0.1, 0.15) is 0 Å². The van der Waals surface area contributed by atoms with Crippen LogP contribution in [0.4, 0.5) is 45.5 Å². The van der Waals surface area contributed by atoms with Crippen LogP contribution in [0.3, 0.4) is 0 Å². The molecule has 1 aliphatic rings. The summed E-state index contributed by atoms with van der Waals surface area (Å²) < 4.78 is 6.69. The number of hydrogen-bond donors (Lipinski definition) is 0. The van der Waals surface area contributed by atoms with Crippen LogP contribution >= 0.6 is 0 Å². The molecular formula is C75H53N9. The predicted octanol–water partition coefficient (Wildman–Crippen LogP) is 19.4. The molecule has 84 heavy (non-hydrogen) atoms. The molecule has 9 heteroatoms. The van der Waals surface area contributed by atoms with Gasteiger partial charge in [0, 0.05) is 51.2 Å². The fourth-order valence-corrected chi connectivity index (χ4v) is 12.2. The van der Waals surface area contributed by atoms with Crippen LogP contribution in [0.5, 0.6) is 0 Å². The maximum Gasteiger partial charge on any atom is 0.225 e. The molecule has 11 aromatic carbocycles. The van der Waals surface area contributed by atoms with Gasteiger partial charge in [0.15, 0.2) is 0 Å². The average Bonchev–Trinajstić information content (AvgIpc) is 1.63. The third kappa shape index (κ3) is 8.45. The van der Waals surface area contributed by atoms with E-state index in [1.54, 1.807) is 0 Å². The molecule has 0 N–H and O–H groups in total. The highest BCUT2D eigenvalue weighted by Crippen LogP contribution is 2.42. The number of rotatable bonds is 12. The van der Waals surface area contributed by atoms with Crippen molar-refractivity contribution >= 4 is 95.9 Å². The van der Waals surface area contributed by atoms with E-state index in [0.29, 0.717) is 17.3 Å². The minimum Gasteiger partial charge on any atom is -0.311 e. The first-order valence-electron chi connectivity index (χ1n) is 28.6. The van der Waals surface area contributed by atoms with Gasteiger partial charge in [-0.1, -0.05) is 176 Å². The number of anilines is 8. The van der Waals surface area contributed by atoms with Gasteiger partial charge in [-0.05, 0) is 168 Å². The molecule has 0 spiro atoms. The van der Waals surface area contributed by atoms with Crippen LogP contribution in [0.15, 0.2) is 303 Å². The number of aromatic nitrogens is 6. The SMILES string of the molecule is C1=CC(N(c2ccc(-c3ccccc3)cc2)c2ccc3nc4n(c3c2)c2nc3ccc(N(c5ccccc5)c5ccc(-c6ccccc6)cc5)cc3n2c2nc3ccc(N(c5ccccc5)c5ccc(-c6ccccc6)cc5)cc3n42)=CCC1. The molecule has 0 saturated heterocycles. The summed E-state index contributed by atoms with van der Waals surface area (Å²) >= 11 is 0. The van der Waals surface area contributed by atoms with Crippen molar-refractivity contribution in [3.05, 3.63) is 303 Å². The monoisotopic (exact) mass is 1080 g/mol. The van der Waals surface area contributed by atoms with Gasteiger partial charge >= 0.3 is 0 Å². The van der Waals surface area contributed by atoms with Crippen molar-refractivity contribution in [3.63, 3.8) is 0 Å². The molecule has 398 valence electrons. The summed E-state index contributed by atoms with van der Waals surface area (Å²) in [5, 5.41) is 0. The molecule has 4 aromatic heterocycles. The Labute approximate surface area is 485 Å². The van der Waals surface area contributed by atoms with Gasteiger partial charge in [-0.2, -0.15) is 0 Å². The first kappa shape index (κ1) is 48.6. The molecule has 0 aliphatic heterocycles. The van der Waals surface area contributed by atoms with Crippen LogP contribution in [0.1, 0.15) is 12.8 Å². The molecule has 0 unspecified atom stereocenters. The fraction of sp³-hybridized carbons (Fsp3) is 0.0267. The zero-order valence-electron chi connectivity index (χ0n) is 45.7. The Morgan fingerprint density at radius 3 is 0.881 bits per heavy atom. The molecule has 1 aliphatic carbocycles. The molecule has 0 fully saturated rings. The summed E-state index contributed by atoms with van der Waals surface area (Å²) in [5.74, 6) is 2.12. The molecule has 9 nitrogen and oxygen atoms in total. The van der Waals surface area contributed by atoms with Gasteiger partial charge in [0.05, 0.1) is 33.1 Å². The standard InChI is InChI=1S/C75H53N9/c1-7-19-52(20-8-1)55-31-37-61(38-32-55)79(58-25-13-4-14-26-58)64-43-46-67-70(49-64)82-73(76-67)83-72-51-66(81(60-29-17-6-18-30-60)63-41-35-57(36-42-63)54-23-11-3-12-24-54)45-48-69(72)78-75(83)84-71-50-65(44-47-68(71)77-74(82)84)80(59-27-15-5-16-28-59)62-39-33-56(34-40-62)53-21-9-2-10-22-53/h1-5,7-17,19-51H,6,18H2. The summed E-state index contributed by atoms with van der Waals surface area (Å²) in [7, 11) is 0. The van der Waals surface area contributed by atoms with Gasteiger partial charge in [-0.25, -0.2) is 28.2 Å². The van der Waals surface area contributed by atoms with Crippen molar-refractivity contribution < 1.29 is 0 Å². The molecule has 0 radical (unpaired) electrons. The molecule has 0 atom stereocenters. The third-order valence-corrected chi connectivity index (χ3v) is 16.2. The number of fused-ring (bicyclic) bond motifs is 12. The van der Waals surface area contributed by atoms with Crippen molar-refractivity contribution in [3.8, 4) is 33.4 Å². The number of para-hydroxylation sites is 2. The fourth-order valence-electron chi connectivity index (χ4n) is 12.2. The molecule has 15 aromatic rings. The minimum atomic E-state index is 0.703.